The molecule has 0 aromatic carbocycles. The highest BCUT2D eigenvalue weighted by atomic mass is 16.5. The average molecular weight is 205 g/mol. The topological polar surface area (TPSA) is 36.0 Å². The van der Waals surface area contributed by atoms with Crippen LogP contribution in [0.3, 0.4) is 0 Å². The maximum atomic E-state index is 10.2. The van der Waals surface area contributed by atoms with Gasteiger partial charge in [0.1, 0.15) is 0 Å². The van der Waals surface area contributed by atoms with Crippen LogP contribution in [0, 0.1) is 0 Å². The minimum Gasteiger partial charge on any atom is -0.453 e. The lowest BCUT2D eigenvalue weighted by Gasteiger charge is -2.14. The molecule has 0 radical (unpaired) electrons. The second-order valence-corrected chi connectivity index (χ2v) is 3.67. The van der Waals surface area contributed by atoms with Crippen molar-refractivity contribution in [1.82, 2.24) is 14.7 Å². The van der Waals surface area contributed by atoms with Crippen LogP contribution in [0.15, 0.2) is 0 Å². The summed E-state index contributed by atoms with van der Waals surface area (Å²) in [4.78, 5) is 15.8. The molecule has 0 fully saturated rings. The van der Waals surface area contributed by atoms with Gasteiger partial charge in [-0.15, -0.1) is 0 Å². The lowest BCUT2D eigenvalue weighted by Crippen LogP contribution is -2.26. The molecule has 0 heterocycles. The van der Waals surface area contributed by atoms with Gasteiger partial charge in [0.15, 0.2) is 0 Å². The summed E-state index contributed by atoms with van der Waals surface area (Å²) in [6.07, 6.45) is -0.319. The Morgan fingerprint density at radius 2 is 1.36 bits per heavy atom. The van der Waals surface area contributed by atoms with Gasteiger partial charge < -0.3 is 9.64 Å². The van der Waals surface area contributed by atoms with E-state index >= 15 is 0 Å². The van der Waals surface area contributed by atoms with E-state index in [1.165, 1.54) is 12.0 Å². The normalized spacial score (nSPS) is 9.50. The molecule has 14 heavy (non-hydrogen) atoms. The smallest absolute Gasteiger partial charge is 0.408 e. The summed E-state index contributed by atoms with van der Waals surface area (Å²) in [5.74, 6) is 0. The third kappa shape index (κ3) is 13.8. The van der Waals surface area contributed by atoms with Gasteiger partial charge in [-0.3, -0.25) is 9.80 Å². The maximum Gasteiger partial charge on any atom is 0.408 e. The van der Waals surface area contributed by atoms with E-state index in [0.29, 0.717) is 0 Å². The largest absolute Gasteiger partial charge is 0.453 e. The van der Waals surface area contributed by atoms with E-state index in [2.05, 4.69) is 42.7 Å². The summed E-state index contributed by atoms with van der Waals surface area (Å²) in [5, 5.41) is 0. The van der Waals surface area contributed by atoms with Crippen LogP contribution >= 0.6 is 0 Å². The molecule has 86 valence electrons. The number of rotatable bonds is 2. The second-order valence-electron chi connectivity index (χ2n) is 3.67. The first-order valence-corrected chi connectivity index (χ1v) is 4.36. The number of nitrogens with zero attached hydrogens (tertiary/aromatic N) is 3. The SMILES string of the molecule is CN(C)CN(C)C.COC(=O)N(C)C. The first kappa shape index (κ1) is 15.7. The Hall–Kier alpha value is -0.810. The summed E-state index contributed by atoms with van der Waals surface area (Å²) in [6, 6.07) is 0. The van der Waals surface area contributed by atoms with Crippen LogP contribution in [0.2, 0.25) is 0 Å². The number of carbonyl (C=O) groups excluding carboxylic acids is 1. The Morgan fingerprint density at radius 1 is 1.00 bits per heavy atom. The fourth-order valence-electron chi connectivity index (χ4n) is 0.748. The monoisotopic (exact) mass is 205 g/mol. The van der Waals surface area contributed by atoms with Crippen molar-refractivity contribution in [2.45, 2.75) is 0 Å². The van der Waals surface area contributed by atoms with Crippen molar-refractivity contribution in [3.63, 3.8) is 0 Å². The molecule has 0 aliphatic heterocycles. The second kappa shape index (κ2) is 8.77. The van der Waals surface area contributed by atoms with Crippen molar-refractivity contribution >= 4 is 6.09 Å². The number of hydrogen-bond acceptors (Lipinski definition) is 4. The van der Waals surface area contributed by atoms with Gasteiger partial charge in [0.25, 0.3) is 0 Å². The summed E-state index contributed by atoms with van der Waals surface area (Å²) in [5.41, 5.74) is 0. The van der Waals surface area contributed by atoms with Crippen LogP contribution in [0.5, 0.6) is 0 Å². The highest BCUT2D eigenvalue weighted by molar-refractivity contribution is 5.66. The molecule has 0 aliphatic rings. The van der Waals surface area contributed by atoms with Crippen molar-refractivity contribution in [3.8, 4) is 0 Å². The molecule has 0 bridgehead atoms. The average Bonchev–Trinajstić information content (AvgIpc) is 2.01. The van der Waals surface area contributed by atoms with Crippen molar-refractivity contribution in [2.75, 3.05) is 56.1 Å². The van der Waals surface area contributed by atoms with Gasteiger partial charge in [0, 0.05) is 20.8 Å². The molecule has 0 N–H and O–H groups in total. The summed E-state index contributed by atoms with van der Waals surface area (Å²) in [7, 11) is 12.8. The Labute approximate surface area is 87.2 Å². The van der Waals surface area contributed by atoms with Crippen LogP contribution in [0.25, 0.3) is 0 Å². The van der Waals surface area contributed by atoms with Crippen LogP contribution in [0.4, 0.5) is 4.79 Å². The highest BCUT2D eigenvalue weighted by Crippen LogP contribution is 1.78. The molecular formula is C9H23N3O2. The Kier molecular flexibility index (Phi) is 9.81. The fourth-order valence-corrected chi connectivity index (χ4v) is 0.748. The summed E-state index contributed by atoms with van der Waals surface area (Å²) < 4.78 is 4.30. The number of amides is 1. The number of carbonyl (C=O) groups is 1. The zero-order valence-corrected chi connectivity index (χ0v) is 10.4. The molecular weight excluding hydrogens is 182 g/mol. The third-order valence-electron chi connectivity index (χ3n) is 1.11. The molecule has 1 amide bonds. The molecule has 0 aromatic rings. The van der Waals surface area contributed by atoms with Gasteiger partial charge in [0.05, 0.1) is 7.11 Å². The zero-order valence-electron chi connectivity index (χ0n) is 10.4. The molecule has 0 atom stereocenters. The number of methoxy groups -OCH3 is 1. The van der Waals surface area contributed by atoms with Crippen LogP contribution in [0.1, 0.15) is 0 Å². The molecule has 0 saturated heterocycles. The predicted molar refractivity (Wildman–Crippen MR) is 58.3 cm³/mol. The molecule has 5 nitrogen and oxygen atoms in total. The van der Waals surface area contributed by atoms with E-state index in [-0.39, 0.29) is 6.09 Å². The van der Waals surface area contributed by atoms with Crippen LogP contribution < -0.4 is 0 Å². The number of hydrogen-bond donors (Lipinski definition) is 0. The Balaban J connectivity index is 0. The summed E-state index contributed by atoms with van der Waals surface area (Å²) >= 11 is 0. The molecule has 0 aromatic heterocycles. The Morgan fingerprint density at radius 3 is 1.36 bits per heavy atom. The van der Waals surface area contributed by atoms with E-state index < -0.39 is 0 Å². The van der Waals surface area contributed by atoms with Gasteiger partial charge in [-0.05, 0) is 28.2 Å². The molecule has 0 saturated carbocycles. The van der Waals surface area contributed by atoms with Gasteiger partial charge in [-0.1, -0.05) is 0 Å². The van der Waals surface area contributed by atoms with Crippen molar-refractivity contribution in [2.24, 2.45) is 0 Å². The van der Waals surface area contributed by atoms with E-state index in [9.17, 15) is 4.79 Å². The fraction of sp³-hybridized carbons (Fsp3) is 0.889. The minimum absolute atomic E-state index is 0.319. The van der Waals surface area contributed by atoms with E-state index in [1.807, 2.05) is 0 Å². The van der Waals surface area contributed by atoms with Crippen molar-refractivity contribution < 1.29 is 9.53 Å². The zero-order chi connectivity index (χ0) is 11.7. The lowest BCUT2D eigenvalue weighted by atomic mass is 10.8. The van der Waals surface area contributed by atoms with Crippen LogP contribution in [-0.4, -0.2) is 76.9 Å². The van der Waals surface area contributed by atoms with Gasteiger partial charge >= 0.3 is 6.09 Å². The van der Waals surface area contributed by atoms with Crippen LogP contribution in [-0.2, 0) is 4.74 Å². The van der Waals surface area contributed by atoms with Gasteiger partial charge in [-0.2, -0.15) is 0 Å². The van der Waals surface area contributed by atoms with Crippen molar-refractivity contribution in [3.05, 3.63) is 0 Å². The maximum absolute atomic E-state index is 10.2. The first-order valence-electron chi connectivity index (χ1n) is 4.36. The molecule has 0 spiro atoms. The van der Waals surface area contributed by atoms with E-state index in [0.717, 1.165) is 6.67 Å². The Bertz CT molecular complexity index is 141. The molecule has 5 heteroatoms. The van der Waals surface area contributed by atoms with Gasteiger partial charge in [0.2, 0.25) is 0 Å². The standard InChI is InChI=1S/C5H14N2.C4H9NO2/c1-6(2)5-7(3)4;1-5(2)4(6)7-3/h5H2,1-4H3;1-3H3. The molecule has 0 rings (SSSR count). The lowest BCUT2D eigenvalue weighted by molar-refractivity contribution is 0.141. The first-order chi connectivity index (χ1) is 6.31. The number of ether oxygens (including phenoxy) is 1. The third-order valence-corrected chi connectivity index (χ3v) is 1.11. The highest BCUT2D eigenvalue weighted by Gasteiger charge is 1.97. The van der Waals surface area contributed by atoms with E-state index in [1.54, 1.807) is 14.1 Å². The molecule has 0 aliphatic carbocycles. The quantitative estimate of drug-likeness (QED) is 0.611. The minimum atomic E-state index is -0.319. The van der Waals surface area contributed by atoms with E-state index in [4.69, 9.17) is 0 Å². The van der Waals surface area contributed by atoms with Crippen molar-refractivity contribution in [1.29, 1.82) is 0 Å². The molecule has 0 unspecified atom stereocenters. The van der Waals surface area contributed by atoms with Gasteiger partial charge in [-0.25, -0.2) is 4.79 Å². The summed E-state index contributed by atoms with van der Waals surface area (Å²) in [6.45, 7) is 1.03. The predicted octanol–water partition coefficient (Wildman–Crippen LogP) is 0.382.